The molecule has 0 aliphatic heterocycles. The Morgan fingerprint density at radius 3 is 2.89 bits per heavy atom. The van der Waals surface area contributed by atoms with Crippen molar-refractivity contribution in [1.82, 2.24) is 9.88 Å². The van der Waals surface area contributed by atoms with E-state index in [1.807, 2.05) is 12.3 Å². The Balaban J connectivity index is 1.91. The maximum atomic E-state index is 6.47. The fourth-order valence-electron chi connectivity index (χ4n) is 3.13. The van der Waals surface area contributed by atoms with E-state index in [0.29, 0.717) is 6.04 Å². The minimum Gasteiger partial charge on any atom is -0.326 e. The van der Waals surface area contributed by atoms with Crippen molar-refractivity contribution < 1.29 is 0 Å². The number of likely N-dealkylation sites (N-methyl/N-ethyl adjacent to an activating group) is 1. The normalized spacial score (nSPS) is 26.6. The van der Waals surface area contributed by atoms with Crippen LogP contribution in [-0.2, 0) is 6.42 Å². The van der Waals surface area contributed by atoms with Crippen LogP contribution in [0.4, 0.5) is 0 Å². The second kappa shape index (κ2) is 6.02. The van der Waals surface area contributed by atoms with Crippen LogP contribution in [0.2, 0.25) is 0 Å². The molecular weight excluding hydrogens is 234 g/mol. The highest BCUT2D eigenvalue weighted by Gasteiger charge is 2.37. The molecule has 1 aromatic heterocycles. The van der Waals surface area contributed by atoms with Gasteiger partial charge in [-0.15, -0.1) is 0 Å². The maximum Gasteiger partial charge on any atom is 0.0416 e. The predicted molar refractivity (Wildman–Crippen MR) is 80.0 cm³/mol. The van der Waals surface area contributed by atoms with Crippen molar-refractivity contribution in [3.05, 3.63) is 30.1 Å². The molecule has 1 saturated carbocycles. The average Bonchev–Trinajstić information content (AvgIpc) is 2.40. The molecule has 0 amide bonds. The van der Waals surface area contributed by atoms with Crippen LogP contribution < -0.4 is 5.73 Å². The van der Waals surface area contributed by atoms with Gasteiger partial charge in [-0.2, -0.15) is 0 Å². The third kappa shape index (κ3) is 3.54. The van der Waals surface area contributed by atoms with Gasteiger partial charge in [0.05, 0.1) is 0 Å². The second-order valence-corrected chi connectivity index (χ2v) is 6.53. The molecule has 2 unspecified atom stereocenters. The molecule has 0 saturated heterocycles. The van der Waals surface area contributed by atoms with Crippen molar-refractivity contribution >= 4 is 0 Å². The molecular formula is C16H27N3. The Morgan fingerprint density at radius 1 is 1.42 bits per heavy atom. The molecule has 0 aromatic carbocycles. The van der Waals surface area contributed by atoms with Gasteiger partial charge in [-0.05, 0) is 37.4 Å². The Morgan fingerprint density at radius 2 is 2.21 bits per heavy atom. The highest BCUT2D eigenvalue weighted by atomic mass is 15.1. The standard InChI is InChI=1S/C16H27N3/c1-16(2)10-6-8-14(15(16)17)19(3)12-9-13-7-4-5-11-18-13/h4-5,7,11,14-15H,6,8-10,12,17H2,1-3H3. The van der Waals surface area contributed by atoms with E-state index in [-0.39, 0.29) is 11.5 Å². The smallest absolute Gasteiger partial charge is 0.0416 e. The number of hydrogen-bond acceptors (Lipinski definition) is 3. The molecule has 1 aromatic rings. The van der Waals surface area contributed by atoms with Crippen molar-refractivity contribution in [1.29, 1.82) is 0 Å². The van der Waals surface area contributed by atoms with E-state index in [4.69, 9.17) is 5.73 Å². The van der Waals surface area contributed by atoms with Crippen molar-refractivity contribution in [3.63, 3.8) is 0 Å². The van der Waals surface area contributed by atoms with Gasteiger partial charge in [0.25, 0.3) is 0 Å². The van der Waals surface area contributed by atoms with Gasteiger partial charge in [0.15, 0.2) is 0 Å². The summed E-state index contributed by atoms with van der Waals surface area (Å²) in [5.41, 5.74) is 7.90. The van der Waals surface area contributed by atoms with E-state index in [2.05, 4.69) is 42.9 Å². The molecule has 0 spiro atoms. The summed E-state index contributed by atoms with van der Waals surface area (Å²) < 4.78 is 0. The van der Waals surface area contributed by atoms with E-state index in [9.17, 15) is 0 Å². The molecule has 1 fully saturated rings. The Bertz CT molecular complexity index is 388. The quantitative estimate of drug-likeness (QED) is 0.905. The van der Waals surface area contributed by atoms with Crippen LogP contribution in [0.5, 0.6) is 0 Å². The zero-order chi connectivity index (χ0) is 13.9. The monoisotopic (exact) mass is 261 g/mol. The van der Waals surface area contributed by atoms with Gasteiger partial charge in [-0.1, -0.05) is 26.3 Å². The van der Waals surface area contributed by atoms with Crippen molar-refractivity contribution in [2.45, 2.75) is 51.6 Å². The Hall–Kier alpha value is -0.930. The Labute approximate surface area is 117 Å². The molecule has 2 rings (SSSR count). The second-order valence-electron chi connectivity index (χ2n) is 6.53. The first-order valence-corrected chi connectivity index (χ1v) is 7.36. The SMILES string of the molecule is CN(CCc1ccccn1)C1CCCC(C)(C)C1N. The van der Waals surface area contributed by atoms with Gasteiger partial charge in [0.1, 0.15) is 0 Å². The fourth-order valence-corrected chi connectivity index (χ4v) is 3.13. The number of nitrogens with zero attached hydrogens (tertiary/aromatic N) is 2. The van der Waals surface area contributed by atoms with Crippen LogP contribution in [0.25, 0.3) is 0 Å². The van der Waals surface area contributed by atoms with E-state index < -0.39 is 0 Å². The summed E-state index contributed by atoms with van der Waals surface area (Å²) in [5, 5.41) is 0. The molecule has 3 heteroatoms. The van der Waals surface area contributed by atoms with Crippen LogP contribution in [0.1, 0.15) is 38.8 Å². The third-order valence-electron chi connectivity index (χ3n) is 4.65. The van der Waals surface area contributed by atoms with Gasteiger partial charge in [0, 0.05) is 36.9 Å². The van der Waals surface area contributed by atoms with Gasteiger partial charge >= 0.3 is 0 Å². The number of hydrogen-bond donors (Lipinski definition) is 1. The molecule has 1 aliphatic carbocycles. The summed E-state index contributed by atoms with van der Waals surface area (Å²) in [6.45, 7) is 5.64. The summed E-state index contributed by atoms with van der Waals surface area (Å²) in [5.74, 6) is 0. The molecule has 2 N–H and O–H groups in total. The summed E-state index contributed by atoms with van der Waals surface area (Å²) in [6.07, 6.45) is 6.63. The van der Waals surface area contributed by atoms with Crippen LogP contribution in [0, 0.1) is 5.41 Å². The lowest BCUT2D eigenvalue weighted by molar-refractivity contribution is 0.0853. The van der Waals surface area contributed by atoms with Gasteiger partial charge in [0.2, 0.25) is 0 Å². The first-order chi connectivity index (χ1) is 9.00. The number of pyridine rings is 1. The zero-order valence-corrected chi connectivity index (χ0v) is 12.5. The summed E-state index contributed by atoms with van der Waals surface area (Å²) in [6, 6.07) is 6.89. The summed E-state index contributed by atoms with van der Waals surface area (Å²) in [7, 11) is 2.20. The average molecular weight is 261 g/mol. The van der Waals surface area contributed by atoms with Crippen LogP contribution in [0.3, 0.4) is 0 Å². The first kappa shape index (κ1) is 14.5. The topological polar surface area (TPSA) is 42.2 Å². The van der Waals surface area contributed by atoms with Gasteiger partial charge in [-0.3, -0.25) is 4.98 Å². The Kier molecular flexibility index (Phi) is 4.58. The fraction of sp³-hybridized carbons (Fsp3) is 0.688. The maximum absolute atomic E-state index is 6.47. The van der Waals surface area contributed by atoms with Crippen LogP contribution >= 0.6 is 0 Å². The molecule has 1 heterocycles. The van der Waals surface area contributed by atoms with Crippen LogP contribution in [0.15, 0.2) is 24.4 Å². The number of nitrogens with two attached hydrogens (primary N) is 1. The molecule has 106 valence electrons. The van der Waals surface area contributed by atoms with Gasteiger partial charge < -0.3 is 10.6 Å². The lowest BCUT2D eigenvalue weighted by Crippen LogP contribution is -2.56. The molecule has 19 heavy (non-hydrogen) atoms. The minimum absolute atomic E-state index is 0.266. The third-order valence-corrected chi connectivity index (χ3v) is 4.65. The van der Waals surface area contributed by atoms with E-state index >= 15 is 0 Å². The van der Waals surface area contributed by atoms with Crippen molar-refractivity contribution in [2.75, 3.05) is 13.6 Å². The lowest BCUT2D eigenvalue weighted by Gasteiger charge is -2.45. The largest absolute Gasteiger partial charge is 0.326 e. The van der Waals surface area contributed by atoms with Gasteiger partial charge in [-0.25, -0.2) is 0 Å². The number of aromatic nitrogens is 1. The molecule has 0 radical (unpaired) electrons. The number of rotatable bonds is 4. The highest BCUT2D eigenvalue weighted by Crippen LogP contribution is 2.36. The van der Waals surface area contributed by atoms with Crippen molar-refractivity contribution in [3.8, 4) is 0 Å². The molecule has 2 atom stereocenters. The molecule has 3 nitrogen and oxygen atoms in total. The predicted octanol–water partition coefficient (Wildman–Crippen LogP) is 2.46. The highest BCUT2D eigenvalue weighted by molar-refractivity contribution is 5.04. The first-order valence-electron chi connectivity index (χ1n) is 7.36. The lowest BCUT2D eigenvalue weighted by atomic mass is 9.71. The summed E-state index contributed by atoms with van der Waals surface area (Å²) >= 11 is 0. The minimum atomic E-state index is 0.266. The van der Waals surface area contributed by atoms with Crippen LogP contribution in [-0.4, -0.2) is 35.6 Å². The van der Waals surface area contributed by atoms with E-state index in [0.717, 1.165) is 18.7 Å². The van der Waals surface area contributed by atoms with Crippen molar-refractivity contribution in [2.24, 2.45) is 11.1 Å². The summed E-state index contributed by atoms with van der Waals surface area (Å²) in [4.78, 5) is 6.82. The molecule has 1 aliphatic rings. The molecule has 0 bridgehead atoms. The van der Waals surface area contributed by atoms with E-state index in [1.54, 1.807) is 0 Å². The van der Waals surface area contributed by atoms with E-state index in [1.165, 1.54) is 19.3 Å². The zero-order valence-electron chi connectivity index (χ0n) is 12.5.